The Bertz CT molecular complexity index is 877. The smallest absolute Gasteiger partial charge is 0.411 e. The third-order valence-electron chi connectivity index (χ3n) is 6.58. The van der Waals surface area contributed by atoms with E-state index in [9.17, 15) is 14.4 Å². The Morgan fingerprint density at radius 2 is 1.86 bits per heavy atom. The number of amides is 3. The molecule has 8 nitrogen and oxygen atoms in total. The Hall–Kier alpha value is -2.07. The lowest BCUT2D eigenvalue weighted by Crippen LogP contribution is -2.54. The van der Waals surface area contributed by atoms with E-state index in [4.69, 9.17) is 9.47 Å². The summed E-state index contributed by atoms with van der Waals surface area (Å²) in [5.41, 5.74) is 0.945. The van der Waals surface area contributed by atoms with Gasteiger partial charge in [0.25, 0.3) is 0 Å². The van der Waals surface area contributed by atoms with Crippen LogP contribution in [-0.2, 0) is 20.9 Å². The molecule has 3 amide bonds. The number of hydrogen-bond acceptors (Lipinski definition) is 7. The number of nitrogens with one attached hydrogen (secondary N) is 2. The fraction of sp³-hybridized carbons (Fsp3) is 0.667. The monoisotopic (exact) mass is 551 g/mol. The first-order chi connectivity index (χ1) is 17.9. The van der Waals surface area contributed by atoms with Crippen LogP contribution in [0.3, 0.4) is 0 Å². The molecule has 10 heteroatoms. The van der Waals surface area contributed by atoms with Crippen molar-refractivity contribution in [1.29, 1.82) is 0 Å². The summed E-state index contributed by atoms with van der Waals surface area (Å²) in [5, 5.41) is 5.92. The van der Waals surface area contributed by atoms with Gasteiger partial charge in [0.1, 0.15) is 17.8 Å². The zero-order valence-electron chi connectivity index (χ0n) is 22.2. The Morgan fingerprint density at radius 3 is 2.54 bits per heavy atom. The molecule has 1 heterocycles. The van der Waals surface area contributed by atoms with Gasteiger partial charge in [-0.25, -0.2) is 4.79 Å². The normalized spacial score (nSPS) is 18.9. The van der Waals surface area contributed by atoms with Gasteiger partial charge in [0.2, 0.25) is 11.8 Å². The maximum absolute atomic E-state index is 13.2. The van der Waals surface area contributed by atoms with Crippen LogP contribution in [0.2, 0.25) is 0 Å². The minimum Gasteiger partial charge on any atom is -0.497 e. The molecule has 0 aromatic heterocycles. The highest BCUT2D eigenvalue weighted by molar-refractivity contribution is 7.99. The standard InChI is InChI=1S/C27H41N3O5S2/c1-19(2)14-35-27(33)30-18-37-17-24(30)26(32)29-23(16-36-15-21-7-5-4-6-8-21)25(31)28-13-20-9-11-22(34-3)12-10-20/h9-12,19,21,23-24H,4-8,13-18H2,1-3H3,(H,28,31)(H,29,32)/t23-,24-/m0/s1. The van der Waals surface area contributed by atoms with Crippen LogP contribution >= 0.6 is 23.5 Å². The third-order valence-corrected chi connectivity index (χ3v) is 8.87. The average molecular weight is 552 g/mol. The fourth-order valence-corrected chi connectivity index (χ4v) is 6.79. The molecule has 1 aliphatic heterocycles. The lowest BCUT2D eigenvalue weighted by atomic mass is 9.91. The maximum atomic E-state index is 13.2. The van der Waals surface area contributed by atoms with Gasteiger partial charge in [-0.3, -0.25) is 14.5 Å². The summed E-state index contributed by atoms with van der Waals surface area (Å²) in [6.45, 7) is 4.60. The van der Waals surface area contributed by atoms with E-state index < -0.39 is 18.2 Å². The van der Waals surface area contributed by atoms with Gasteiger partial charge in [-0.2, -0.15) is 11.8 Å². The highest BCUT2D eigenvalue weighted by atomic mass is 32.2. The molecule has 2 aliphatic rings. The van der Waals surface area contributed by atoms with Crippen LogP contribution in [0.15, 0.2) is 24.3 Å². The molecule has 2 fully saturated rings. The second kappa shape index (κ2) is 15.4. The van der Waals surface area contributed by atoms with Crippen LogP contribution in [0, 0.1) is 11.8 Å². The number of benzene rings is 1. The van der Waals surface area contributed by atoms with Crippen LogP contribution in [0.4, 0.5) is 4.79 Å². The Morgan fingerprint density at radius 1 is 1.14 bits per heavy atom. The van der Waals surface area contributed by atoms with E-state index >= 15 is 0 Å². The molecule has 1 saturated heterocycles. The van der Waals surface area contributed by atoms with Crippen LogP contribution < -0.4 is 15.4 Å². The van der Waals surface area contributed by atoms with Gasteiger partial charge >= 0.3 is 6.09 Å². The summed E-state index contributed by atoms with van der Waals surface area (Å²) in [4.78, 5) is 40.5. The van der Waals surface area contributed by atoms with Crippen molar-refractivity contribution in [2.75, 3.05) is 36.9 Å². The van der Waals surface area contributed by atoms with Gasteiger partial charge in [-0.05, 0) is 48.1 Å². The zero-order valence-corrected chi connectivity index (χ0v) is 23.8. The third kappa shape index (κ3) is 9.63. The van der Waals surface area contributed by atoms with E-state index in [2.05, 4.69) is 10.6 Å². The van der Waals surface area contributed by atoms with Crippen molar-refractivity contribution in [2.45, 2.75) is 64.6 Å². The number of thioether (sulfide) groups is 2. The van der Waals surface area contributed by atoms with Gasteiger partial charge in [0.05, 0.1) is 19.6 Å². The molecule has 3 rings (SSSR count). The van der Waals surface area contributed by atoms with Gasteiger partial charge < -0.3 is 20.1 Å². The molecule has 0 unspecified atom stereocenters. The first-order valence-corrected chi connectivity index (χ1v) is 15.5. The quantitative estimate of drug-likeness (QED) is 0.400. The molecular formula is C27H41N3O5S2. The summed E-state index contributed by atoms with van der Waals surface area (Å²) in [7, 11) is 1.61. The Labute approximate surface area is 229 Å². The molecule has 2 N–H and O–H groups in total. The summed E-state index contributed by atoms with van der Waals surface area (Å²) < 4.78 is 10.6. The molecule has 0 bridgehead atoms. The summed E-state index contributed by atoms with van der Waals surface area (Å²) in [6, 6.07) is 6.18. The molecule has 1 aliphatic carbocycles. The van der Waals surface area contributed by atoms with Crippen molar-refractivity contribution in [1.82, 2.24) is 15.5 Å². The van der Waals surface area contributed by atoms with Gasteiger partial charge in [0.15, 0.2) is 0 Å². The average Bonchev–Trinajstić information content (AvgIpc) is 3.41. The van der Waals surface area contributed by atoms with Crippen molar-refractivity contribution >= 4 is 41.4 Å². The van der Waals surface area contributed by atoms with Crippen molar-refractivity contribution < 1.29 is 23.9 Å². The molecule has 206 valence electrons. The van der Waals surface area contributed by atoms with Crippen LogP contribution in [0.25, 0.3) is 0 Å². The molecule has 2 atom stereocenters. The molecular weight excluding hydrogens is 510 g/mol. The largest absolute Gasteiger partial charge is 0.497 e. The summed E-state index contributed by atoms with van der Waals surface area (Å²) >= 11 is 3.24. The molecule has 1 aromatic rings. The van der Waals surface area contributed by atoms with Gasteiger partial charge in [0, 0.05) is 18.1 Å². The number of carbonyl (C=O) groups excluding carboxylic acids is 3. The molecule has 1 saturated carbocycles. The highest BCUT2D eigenvalue weighted by Gasteiger charge is 2.37. The molecule has 0 radical (unpaired) electrons. The number of nitrogens with zero attached hydrogens (tertiary/aromatic N) is 1. The topological polar surface area (TPSA) is 97.0 Å². The van der Waals surface area contributed by atoms with Crippen molar-refractivity contribution in [3.8, 4) is 5.75 Å². The molecule has 1 aromatic carbocycles. The second-order valence-corrected chi connectivity index (χ2v) is 12.2. The summed E-state index contributed by atoms with van der Waals surface area (Å²) in [6.07, 6.45) is 5.85. The number of hydrogen-bond donors (Lipinski definition) is 2. The van der Waals surface area contributed by atoms with E-state index in [1.807, 2.05) is 38.1 Å². The first kappa shape index (κ1) is 29.5. The van der Waals surface area contributed by atoms with E-state index in [1.165, 1.54) is 48.8 Å². The second-order valence-electron chi connectivity index (χ2n) is 10.1. The predicted molar refractivity (Wildman–Crippen MR) is 150 cm³/mol. The van der Waals surface area contributed by atoms with E-state index in [-0.39, 0.29) is 17.7 Å². The number of ether oxygens (including phenoxy) is 2. The van der Waals surface area contributed by atoms with E-state index in [0.717, 1.165) is 17.1 Å². The van der Waals surface area contributed by atoms with Crippen LogP contribution in [0.5, 0.6) is 5.75 Å². The fourth-order valence-electron chi connectivity index (χ4n) is 4.37. The van der Waals surface area contributed by atoms with Gasteiger partial charge in [-0.15, -0.1) is 11.8 Å². The molecule has 0 spiro atoms. The number of rotatable bonds is 12. The Balaban J connectivity index is 1.59. The highest BCUT2D eigenvalue weighted by Crippen LogP contribution is 2.27. The van der Waals surface area contributed by atoms with Crippen molar-refractivity contribution in [2.24, 2.45) is 11.8 Å². The zero-order chi connectivity index (χ0) is 26.6. The van der Waals surface area contributed by atoms with Crippen LogP contribution in [0.1, 0.15) is 51.5 Å². The van der Waals surface area contributed by atoms with E-state index in [0.29, 0.717) is 36.5 Å². The van der Waals surface area contributed by atoms with Gasteiger partial charge in [-0.1, -0.05) is 45.2 Å². The lowest BCUT2D eigenvalue weighted by Gasteiger charge is -2.26. The number of carbonyl (C=O) groups is 3. The van der Waals surface area contributed by atoms with E-state index in [1.54, 1.807) is 18.9 Å². The minimum atomic E-state index is -0.682. The van der Waals surface area contributed by atoms with Crippen molar-refractivity contribution in [3.05, 3.63) is 29.8 Å². The molecule has 37 heavy (non-hydrogen) atoms. The predicted octanol–water partition coefficient (Wildman–Crippen LogP) is 4.28. The van der Waals surface area contributed by atoms with Crippen LogP contribution in [-0.4, -0.2) is 71.7 Å². The van der Waals surface area contributed by atoms with Crippen molar-refractivity contribution in [3.63, 3.8) is 0 Å². The minimum absolute atomic E-state index is 0.214. The SMILES string of the molecule is COc1ccc(CNC(=O)[C@H](CSCC2CCCCC2)NC(=O)[C@@H]2CSCN2C(=O)OCC(C)C)cc1. The first-order valence-electron chi connectivity index (χ1n) is 13.2. The maximum Gasteiger partial charge on any atom is 0.411 e. The Kier molecular flexibility index (Phi) is 12.2. The number of methoxy groups -OCH3 is 1. The summed E-state index contributed by atoms with van der Waals surface area (Å²) in [5.74, 6) is 3.48. The lowest BCUT2D eigenvalue weighted by molar-refractivity contribution is -0.130.